The van der Waals surface area contributed by atoms with E-state index >= 15 is 0 Å². The molecule has 0 fully saturated rings. The molecule has 0 aromatic heterocycles. The fourth-order valence-electron chi connectivity index (χ4n) is 2.20. The van der Waals surface area contributed by atoms with Gasteiger partial charge in [-0.05, 0) is 43.7 Å². The van der Waals surface area contributed by atoms with Crippen molar-refractivity contribution < 1.29 is 29.1 Å². The molecule has 10 heteroatoms. The van der Waals surface area contributed by atoms with Crippen LogP contribution in [-0.2, 0) is 4.79 Å². The van der Waals surface area contributed by atoms with E-state index in [1.807, 2.05) is 0 Å². The van der Waals surface area contributed by atoms with Gasteiger partial charge in [0.15, 0.2) is 17.6 Å². The van der Waals surface area contributed by atoms with Crippen molar-refractivity contribution >= 4 is 23.8 Å². The van der Waals surface area contributed by atoms with Crippen LogP contribution in [0.25, 0.3) is 0 Å². The van der Waals surface area contributed by atoms with E-state index in [1.165, 1.54) is 37.4 Å². The van der Waals surface area contributed by atoms with Gasteiger partial charge in [0.05, 0.1) is 17.7 Å². The minimum absolute atomic E-state index is 0.0951. The van der Waals surface area contributed by atoms with Gasteiger partial charge in [0.2, 0.25) is 0 Å². The van der Waals surface area contributed by atoms with Crippen LogP contribution in [0.3, 0.4) is 0 Å². The van der Waals surface area contributed by atoms with E-state index < -0.39 is 22.9 Å². The molecule has 0 saturated heterocycles. The quantitative estimate of drug-likeness (QED) is 0.374. The summed E-state index contributed by atoms with van der Waals surface area (Å²) in [5.74, 6) is -1.12. The number of carbonyl (C=O) groups excluding carboxylic acids is 1. The summed E-state index contributed by atoms with van der Waals surface area (Å²) >= 11 is 0. The van der Waals surface area contributed by atoms with Crippen LogP contribution in [0.1, 0.15) is 29.8 Å². The fourth-order valence-corrected chi connectivity index (χ4v) is 2.20. The van der Waals surface area contributed by atoms with Gasteiger partial charge in [0, 0.05) is 17.7 Å². The highest BCUT2D eigenvalue weighted by Gasteiger charge is 2.16. The molecule has 2 aromatic rings. The van der Waals surface area contributed by atoms with Crippen molar-refractivity contribution in [2.24, 2.45) is 5.10 Å². The van der Waals surface area contributed by atoms with Gasteiger partial charge < -0.3 is 14.6 Å². The Morgan fingerprint density at radius 2 is 2.03 bits per heavy atom. The number of rotatable bonds is 9. The van der Waals surface area contributed by atoms with E-state index in [0.717, 1.165) is 6.07 Å². The number of hydrogen-bond donors (Lipinski definition) is 2. The van der Waals surface area contributed by atoms with Crippen LogP contribution in [0, 0.1) is 10.1 Å². The Bertz CT molecular complexity index is 943. The lowest BCUT2D eigenvalue weighted by atomic mass is 10.2. The number of benzene rings is 2. The first-order valence-corrected chi connectivity index (χ1v) is 8.56. The highest BCUT2D eigenvalue weighted by molar-refractivity contribution is 5.95. The number of amides is 1. The number of hydrogen-bond acceptors (Lipinski definition) is 7. The van der Waals surface area contributed by atoms with Gasteiger partial charge in [0.25, 0.3) is 11.6 Å². The number of nitrogens with one attached hydrogen (secondary N) is 1. The molecule has 2 rings (SSSR count). The molecule has 0 spiro atoms. The number of aliphatic carboxylic acids is 1. The fraction of sp³-hybridized carbons (Fsp3) is 0.211. The molecule has 0 aliphatic carbocycles. The summed E-state index contributed by atoms with van der Waals surface area (Å²) in [6.07, 6.45) is 0.297. The van der Waals surface area contributed by atoms with Crippen LogP contribution in [0.5, 0.6) is 11.5 Å². The van der Waals surface area contributed by atoms with Crippen molar-refractivity contribution in [1.29, 1.82) is 0 Å². The number of nitro benzene ring substituents is 1. The molecule has 2 N–H and O–H groups in total. The molecule has 1 atom stereocenters. The summed E-state index contributed by atoms with van der Waals surface area (Å²) in [4.78, 5) is 33.2. The topological polar surface area (TPSA) is 140 Å². The zero-order chi connectivity index (χ0) is 21.4. The average molecular weight is 401 g/mol. The Hall–Kier alpha value is -3.95. The van der Waals surface area contributed by atoms with Crippen LogP contribution in [0.4, 0.5) is 5.69 Å². The smallest absolute Gasteiger partial charge is 0.344 e. The van der Waals surface area contributed by atoms with E-state index in [1.54, 1.807) is 19.1 Å². The summed E-state index contributed by atoms with van der Waals surface area (Å²) in [5.41, 5.74) is 2.74. The maximum Gasteiger partial charge on any atom is 0.344 e. The average Bonchev–Trinajstić information content (AvgIpc) is 2.69. The third-order valence-corrected chi connectivity index (χ3v) is 3.62. The molecule has 0 radical (unpaired) electrons. The van der Waals surface area contributed by atoms with Crippen LogP contribution >= 0.6 is 0 Å². The number of nitro groups is 1. The summed E-state index contributed by atoms with van der Waals surface area (Å²) < 4.78 is 10.8. The lowest BCUT2D eigenvalue weighted by Crippen LogP contribution is -2.23. The zero-order valence-electron chi connectivity index (χ0n) is 15.7. The first-order valence-electron chi connectivity index (χ1n) is 8.56. The molecular formula is C19H19N3O7. The van der Waals surface area contributed by atoms with E-state index in [2.05, 4.69) is 10.5 Å². The van der Waals surface area contributed by atoms with E-state index in [0.29, 0.717) is 17.9 Å². The van der Waals surface area contributed by atoms with Crippen molar-refractivity contribution in [1.82, 2.24) is 5.43 Å². The third-order valence-electron chi connectivity index (χ3n) is 3.62. The van der Waals surface area contributed by atoms with Gasteiger partial charge in [-0.1, -0.05) is 6.07 Å². The molecule has 152 valence electrons. The molecule has 0 saturated carbocycles. The van der Waals surface area contributed by atoms with Gasteiger partial charge >= 0.3 is 5.97 Å². The molecule has 0 aliphatic rings. The van der Waals surface area contributed by atoms with Gasteiger partial charge in [-0.15, -0.1) is 0 Å². The summed E-state index contributed by atoms with van der Waals surface area (Å²) in [5, 5.41) is 23.6. The lowest BCUT2D eigenvalue weighted by Gasteiger charge is -2.15. The Kier molecular flexibility index (Phi) is 7.24. The van der Waals surface area contributed by atoms with Crippen molar-refractivity contribution in [2.45, 2.75) is 20.0 Å². The predicted molar refractivity (Wildman–Crippen MR) is 103 cm³/mol. The lowest BCUT2D eigenvalue weighted by molar-refractivity contribution is -0.384. The van der Waals surface area contributed by atoms with Crippen LogP contribution in [0.2, 0.25) is 0 Å². The van der Waals surface area contributed by atoms with Crippen LogP contribution < -0.4 is 14.9 Å². The van der Waals surface area contributed by atoms with Crippen molar-refractivity contribution in [3.63, 3.8) is 0 Å². The highest BCUT2D eigenvalue weighted by Crippen LogP contribution is 2.29. The summed E-state index contributed by atoms with van der Waals surface area (Å²) in [7, 11) is 0. The van der Waals surface area contributed by atoms with Crippen LogP contribution in [0.15, 0.2) is 47.6 Å². The molecule has 10 nitrogen and oxygen atoms in total. The minimum atomic E-state index is -1.11. The predicted octanol–water partition coefficient (Wildman–Crippen LogP) is 2.61. The van der Waals surface area contributed by atoms with Gasteiger partial charge in [0.1, 0.15) is 0 Å². The Labute approximate surface area is 165 Å². The van der Waals surface area contributed by atoms with Crippen molar-refractivity contribution in [2.75, 3.05) is 6.61 Å². The molecule has 1 amide bonds. The first-order chi connectivity index (χ1) is 13.8. The number of carbonyl (C=O) groups is 2. The molecule has 2 aromatic carbocycles. The molecule has 0 bridgehead atoms. The van der Waals surface area contributed by atoms with Gasteiger partial charge in [-0.25, -0.2) is 10.2 Å². The second kappa shape index (κ2) is 9.83. The third kappa shape index (κ3) is 6.03. The molecular weight excluding hydrogens is 382 g/mol. The second-order valence-electron chi connectivity index (χ2n) is 5.74. The monoisotopic (exact) mass is 401 g/mol. The molecule has 0 heterocycles. The Morgan fingerprint density at radius 3 is 2.69 bits per heavy atom. The van der Waals surface area contributed by atoms with E-state index in [4.69, 9.17) is 14.6 Å². The molecule has 29 heavy (non-hydrogen) atoms. The van der Waals surface area contributed by atoms with Crippen molar-refractivity contribution in [3.05, 3.63) is 63.7 Å². The normalized spacial score (nSPS) is 11.7. The standard InChI is InChI=1S/C19H19N3O7/c1-3-28-17-9-13(7-8-16(17)29-12(2)19(24)25)11-20-21-18(23)14-5-4-6-15(10-14)22(26)27/h4-12H,3H2,1-2H3,(H,21,23)(H,24,25)/t12-/m0/s1. The number of carboxylic acid groups (broad SMARTS) is 1. The van der Waals surface area contributed by atoms with Gasteiger partial charge in [-0.2, -0.15) is 5.10 Å². The maximum absolute atomic E-state index is 12.1. The first kappa shape index (κ1) is 21.4. The Balaban J connectivity index is 2.10. The van der Waals surface area contributed by atoms with Crippen LogP contribution in [-0.4, -0.2) is 40.8 Å². The van der Waals surface area contributed by atoms with Gasteiger partial charge in [-0.3, -0.25) is 14.9 Å². The number of ether oxygens (including phenoxy) is 2. The van der Waals surface area contributed by atoms with E-state index in [9.17, 15) is 19.7 Å². The zero-order valence-corrected chi connectivity index (χ0v) is 15.7. The Morgan fingerprint density at radius 1 is 1.28 bits per heavy atom. The highest BCUT2D eigenvalue weighted by atomic mass is 16.6. The van der Waals surface area contributed by atoms with E-state index in [-0.39, 0.29) is 17.0 Å². The number of hydrazone groups is 1. The maximum atomic E-state index is 12.1. The molecule has 0 unspecified atom stereocenters. The summed E-state index contributed by atoms with van der Waals surface area (Å²) in [6, 6.07) is 9.99. The number of non-ortho nitro benzene ring substituents is 1. The molecule has 0 aliphatic heterocycles. The second-order valence-corrected chi connectivity index (χ2v) is 5.74. The SMILES string of the molecule is CCOc1cc(C=NNC(=O)c2cccc([N+](=O)[O-])c2)ccc1O[C@@H](C)C(=O)O. The summed E-state index contributed by atoms with van der Waals surface area (Å²) in [6.45, 7) is 3.50. The number of carboxylic acids is 1. The minimum Gasteiger partial charge on any atom is -0.490 e. The van der Waals surface area contributed by atoms with Crippen molar-refractivity contribution in [3.8, 4) is 11.5 Å². The largest absolute Gasteiger partial charge is 0.490 e. The number of nitrogens with zero attached hydrogens (tertiary/aromatic N) is 2.